The summed E-state index contributed by atoms with van der Waals surface area (Å²) in [6.07, 6.45) is 1.19. The molecule has 1 saturated heterocycles. The summed E-state index contributed by atoms with van der Waals surface area (Å²) in [5, 5.41) is 9.42. The molecule has 2 atom stereocenters. The predicted molar refractivity (Wildman–Crippen MR) is 101 cm³/mol. The molecule has 1 aliphatic carbocycles. The first-order chi connectivity index (χ1) is 12.6. The molecule has 0 aromatic heterocycles. The van der Waals surface area contributed by atoms with Gasteiger partial charge in [0.15, 0.2) is 5.96 Å². The van der Waals surface area contributed by atoms with Gasteiger partial charge >= 0.3 is 0 Å². The van der Waals surface area contributed by atoms with Crippen molar-refractivity contribution in [1.29, 1.82) is 0 Å². The van der Waals surface area contributed by atoms with Crippen LogP contribution in [0.1, 0.15) is 36.2 Å². The largest absolute Gasteiger partial charge is 0.357 e. The Balaban J connectivity index is 1.58. The van der Waals surface area contributed by atoms with E-state index in [0.717, 1.165) is 18.1 Å². The number of amides is 2. The van der Waals surface area contributed by atoms with E-state index in [1.54, 1.807) is 4.90 Å². The third-order valence-corrected chi connectivity index (χ3v) is 4.72. The number of aliphatic imine (C=N–C) groups is 1. The van der Waals surface area contributed by atoms with Crippen LogP contribution in [-0.2, 0) is 11.3 Å². The molecule has 2 unspecified atom stereocenters. The Kier molecular flexibility index (Phi) is 5.75. The third-order valence-electron chi connectivity index (χ3n) is 4.72. The van der Waals surface area contributed by atoms with Crippen molar-refractivity contribution in [2.24, 2.45) is 10.9 Å². The van der Waals surface area contributed by atoms with E-state index in [9.17, 15) is 9.59 Å². The van der Waals surface area contributed by atoms with E-state index in [4.69, 9.17) is 0 Å². The van der Waals surface area contributed by atoms with Crippen molar-refractivity contribution in [3.8, 4) is 0 Å². The molecule has 0 spiro atoms. The Morgan fingerprint density at radius 3 is 2.69 bits per heavy atom. The minimum absolute atomic E-state index is 0.104. The van der Waals surface area contributed by atoms with Gasteiger partial charge in [-0.1, -0.05) is 19.1 Å². The summed E-state index contributed by atoms with van der Waals surface area (Å²) < 4.78 is 0. The van der Waals surface area contributed by atoms with Crippen molar-refractivity contribution in [2.45, 2.75) is 32.9 Å². The number of rotatable bonds is 5. The number of nitrogens with one attached hydrogen (secondary N) is 3. The standard InChI is InChI=1S/C19H27N5O2/c1-3-20-19(23-16-10-13(16)2)22-11-14-4-6-15(7-5-14)18(26)24-9-8-21-17(25)12-24/h4-7,13,16H,3,8-12H2,1-2H3,(H,21,25)(H2,20,22,23). The molecule has 1 aromatic rings. The molecule has 1 aliphatic heterocycles. The van der Waals surface area contributed by atoms with E-state index in [1.165, 1.54) is 6.42 Å². The molecule has 3 rings (SSSR count). The first-order valence-corrected chi connectivity index (χ1v) is 9.26. The van der Waals surface area contributed by atoms with E-state index in [-0.39, 0.29) is 18.4 Å². The van der Waals surface area contributed by atoms with Gasteiger partial charge in [-0.2, -0.15) is 0 Å². The summed E-state index contributed by atoms with van der Waals surface area (Å²) in [6.45, 7) is 6.84. The first-order valence-electron chi connectivity index (χ1n) is 9.26. The third kappa shape index (κ3) is 4.74. The lowest BCUT2D eigenvalue weighted by molar-refractivity contribution is -0.123. The summed E-state index contributed by atoms with van der Waals surface area (Å²) in [5.41, 5.74) is 1.64. The molecule has 3 N–H and O–H groups in total. The highest BCUT2D eigenvalue weighted by Crippen LogP contribution is 2.28. The number of carbonyl (C=O) groups is 2. The lowest BCUT2D eigenvalue weighted by Gasteiger charge is -2.26. The van der Waals surface area contributed by atoms with Crippen LogP contribution in [0, 0.1) is 5.92 Å². The Labute approximate surface area is 154 Å². The second-order valence-corrected chi connectivity index (χ2v) is 6.93. The van der Waals surface area contributed by atoms with Crippen LogP contribution in [0.5, 0.6) is 0 Å². The van der Waals surface area contributed by atoms with Gasteiger partial charge in [-0.05, 0) is 37.0 Å². The molecular weight excluding hydrogens is 330 g/mol. The number of benzene rings is 1. The van der Waals surface area contributed by atoms with Gasteiger partial charge in [-0.25, -0.2) is 4.99 Å². The molecule has 26 heavy (non-hydrogen) atoms. The molecule has 2 aliphatic rings. The fraction of sp³-hybridized carbons (Fsp3) is 0.526. The molecule has 140 valence electrons. The van der Waals surface area contributed by atoms with Crippen LogP contribution in [0.3, 0.4) is 0 Å². The SMILES string of the molecule is CCNC(=NCc1ccc(C(=O)N2CCNC(=O)C2)cc1)NC1CC1C. The highest BCUT2D eigenvalue weighted by atomic mass is 16.2. The van der Waals surface area contributed by atoms with E-state index in [0.29, 0.717) is 37.2 Å². The molecule has 2 amide bonds. The van der Waals surface area contributed by atoms with Crippen LogP contribution in [0.2, 0.25) is 0 Å². The lowest BCUT2D eigenvalue weighted by atomic mass is 10.1. The van der Waals surface area contributed by atoms with Crippen LogP contribution in [-0.4, -0.2) is 54.9 Å². The Bertz CT molecular complexity index is 686. The number of piperazine rings is 1. The second-order valence-electron chi connectivity index (χ2n) is 6.93. The van der Waals surface area contributed by atoms with Gasteiger partial charge in [0, 0.05) is 31.2 Å². The van der Waals surface area contributed by atoms with E-state index in [1.807, 2.05) is 24.3 Å². The van der Waals surface area contributed by atoms with Crippen molar-refractivity contribution >= 4 is 17.8 Å². The van der Waals surface area contributed by atoms with E-state index < -0.39 is 0 Å². The predicted octanol–water partition coefficient (Wildman–Crippen LogP) is 0.722. The molecule has 0 radical (unpaired) electrons. The van der Waals surface area contributed by atoms with Gasteiger partial charge in [-0.3, -0.25) is 9.59 Å². The normalized spacial score (nSPS) is 22.6. The fourth-order valence-electron chi connectivity index (χ4n) is 2.94. The zero-order valence-corrected chi connectivity index (χ0v) is 15.4. The Morgan fingerprint density at radius 1 is 1.35 bits per heavy atom. The first kappa shape index (κ1) is 18.2. The maximum atomic E-state index is 12.5. The molecule has 0 bridgehead atoms. The molecule has 1 heterocycles. The average Bonchev–Trinajstić information content (AvgIpc) is 3.34. The van der Waals surface area contributed by atoms with Gasteiger partial charge in [0.2, 0.25) is 5.91 Å². The average molecular weight is 357 g/mol. The summed E-state index contributed by atoms with van der Waals surface area (Å²) in [6, 6.07) is 7.98. The van der Waals surface area contributed by atoms with Gasteiger partial charge in [0.1, 0.15) is 0 Å². The minimum atomic E-state index is -0.107. The molecule has 2 fully saturated rings. The van der Waals surface area contributed by atoms with Crippen LogP contribution < -0.4 is 16.0 Å². The summed E-state index contributed by atoms with van der Waals surface area (Å²) in [5.74, 6) is 1.33. The van der Waals surface area contributed by atoms with Crippen molar-refractivity contribution in [3.05, 3.63) is 35.4 Å². The summed E-state index contributed by atoms with van der Waals surface area (Å²) in [7, 11) is 0. The minimum Gasteiger partial charge on any atom is -0.357 e. The van der Waals surface area contributed by atoms with Crippen LogP contribution >= 0.6 is 0 Å². The van der Waals surface area contributed by atoms with Gasteiger partial charge in [0.05, 0.1) is 13.1 Å². The number of guanidine groups is 1. The molecule has 1 saturated carbocycles. The Morgan fingerprint density at radius 2 is 2.08 bits per heavy atom. The number of carbonyl (C=O) groups excluding carboxylic acids is 2. The summed E-state index contributed by atoms with van der Waals surface area (Å²) >= 11 is 0. The van der Waals surface area contributed by atoms with E-state index in [2.05, 4.69) is 34.8 Å². The van der Waals surface area contributed by atoms with Crippen molar-refractivity contribution < 1.29 is 9.59 Å². The highest BCUT2D eigenvalue weighted by molar-refractivity contribution is 5.97. The van der Waals surface area contributed by atoms with Crippen molar-refractivity contribution in [2.75, 3.05) is 26.2 Å². The van der Waals surface area contributed by atoms with Gasteiger partial charge in [-0.15, -0.1) is 0 Å². The molecule has 1 aromatic carbocycles. The highest BCUT2D eigenvalue weighted by Gasteiger charge is 2.33. The van der Waals surface area contributed by atoms with Crippen molar-refractivity contribution in [1.82, 2.24) is 20.9 Å². The van der Waals surface area contributed by atoms with Crippen LogP contribution in [0.4, 0.5) is 0 Å². The molecule has 7 nitrogen and oxygen atoms in total. The van der Waals surface area contributed by atoms with Gasteiger partial charge < -0.3 is 20.9 Å². The fourth-order valence-corrected chi connectivity index (χ4v) is 2.94. The quantitative estimate of drug-likeness (QED) is 0.535. The smallest absolute Gasteiger partial charge is 0.254 e. The zero-order chi connectivity index (χ0) is 18.5. The second kappa shape index (κ2) is 8.21. The van der Waals surface area contributed by atoms with Gasteiger partial charge in [0.25, 0.3) is 5.91 Å². The number of nitrogens with zero attached hydrogens (tertiary/aromatic N) is 2. The lowest BCUT2D eigenvalue weighted by Crippen LogP contribution is -2.49. The van der Waals surface area contributed by atoms with Crippen molar-refractivity contribution in [3.63, 3.8) is 0 Å². The maximum absolute atomic E-state index is 12.5. The molecular formula is C19H27N5O2. The number of hydrogen-bond acceptors (Lipinski definition) is 3. The van der Waals surface area contributed by atoms with Crippen LogP contribution in [0.25, 0.3) is 0 Å². The maximum Gasteiger partial charge on any atom is 0.254 e. The summed E-state index contributed by atoms with van der Waals surface area (Å²) in [4.78, 5) is 30.1. The monoisotopic (exact) mass is 357 g/mol. The topological polar surface area (TPSA) is 85.8 Å². The number of hydrogen-bond donors (Lipinski definition) is 3. The molecule has 7 heteroatoms. The Hall–Kier alpha value is -2.57. The van der Waals surface area contributed by atoms with E-state index >= 15 is 0 Å². The zero-order valence-electron chi connectivity index (χ0n) is 15.4. The van der Waals surface area contributed by atoms with Crippen LogP contribution in [0.15, 0.2) is 29.3 Å².